The molecule has 8 heteroatoms. The highest BCUT2D eigenvalue weighted by atomic mass is 32.1. The molecule has 0 bridgehead atoms. The van der Waals surface area contributed by atoms with Crippen LogP contribution in [0.15, 0.2) is 18.3 Å². The van der Waals surface area contributed by atoms with Crippen LogP contribution < -0.4 is 11.1 Å². The molecule has 0 aliphatic rings. The number of carbonyl (C=O) groups excluding carboxylic acids is 1. The summed E-state index contributed by atoms with van der Waals surface area (Å²) in [5.74, 6) is -1.27. The number of alkyl halides is 3. The van der Waals surface area contributed by atoms with Crippen LogP contribution in [-0.2, 0) is 11.0 Å². The van der Waals surface area contributed by atoms with E-state index in [-0.39, 0.29) is 16.6 Å². The monoisotopic (exact) mass is 305 g/mol. The maximum absolute atomic E-state index is 12.3. The van der Waals surface area contributed by atoms with Crippen molar-refractivity contribution in [1.29, 1.82) is 0 Å². The van der Waals surface area contributed by atoms with Crippen molar-refractivity contribution in [3.8, 4) is 0 Å². The first-order valence-electron chi connectivity index (χ1n) is 5.76. The molecular formula is C12H14F3N3OS. The van der Waals surface area contributed by atoms with Gasteiger partial charge in [0.1, 0.15) is 5.69 Å². The lowest BCUT2D eigenvalue weighted by Crippen LogP contribution is -2.36. The predicted molar refractivity (Wildman–Crippen MR) is 73.0 cm³/mol. The molecule has 0 saturated carbocycles. The molecule has 20 heavy (non-hydrogen) atoms. The molecule has 1 amide bonds. The largest absolute Gasteiger partial charge is 0.433 e. The van der Waals surface area contributed by atoms with Crippen molar-refractivity contribution < 1.29 is 18.0 Å². The molecule has 1 heterocycles. The molecule has 1 rings (SSSR count). The van der Waals surface area contributed by atoms with E-state index in [0.29, 0.717) is 0 Å². The number of aromatic nitrogens is 1. The van der Waals surface area contributed by atoms with Gasteiger partial charge in [-0.25, -0.2) is 4.98 Å². The summed E-state index contributed by atoms with van der Waals surface area (Å²) < 4.78 is 37.0. The SMILES string of the molecule is CC(C)C(C(=O)Nc1ccc(C(F)(F)F)nc1)C(N)=S. The summed E-state index contributed by atoms with van der Waals surface area (Å²) in [5, 5.41) is 2.45. The Bertz CT molecular complexity index is 500. The number of carbonyl (C=O) groups is 1. The molecule has 0 saturated heterocycles. The second-order valence-electron chi connectivity index (χ2n) is 4.54. The second kappa shape index (κ2) is 6.17. The molecule has 110 valence electrons. The van der Waals surface area contributed by atoms with E-state index in [2.05, 4.69) is 10.3 Å². The number of nitrogens with one attached hydrogen (secondary N) is 1. The Labute approximate surface area is 119 Å². The van der Waals surface area contributed by atoms with E-state index in [4.69, 9.17) is 18.0 Å². The third kappa shape index (κ3) is 4.16. The van der Waals surface area contributed by atoms with Gasteiger partial charge in [0.05, 0.1) is 22.8 Å². The molecule has 0 fully saturated rings. The quantitative estimate of drug-likeness (QED) is 0.839. The average Bonchev–Trinajstić information content (AvgIpc) is 2.26. The summed E-state index contributed by atoms with van der Waals surface area (Å²) in [4.78, 5) is 15.2. The van der Waals surface area contributed by atoms with Gasteiger partial charge in [-0.3, -0.25) is 4.79 Å². The van der Waals surface area contributed by atoms with Crippen LogP contribution in [0.4, 0.5) is 18.9 Å². The van der Waals surface area contributed by atoms with Crippen LogP contribution in [-0.4, -0.2) is 15.9 Å². The van der Waals surface area contributed by atoms with Crippen LogP contribution in [0.5, 0.6) is 0 Å². The van der Waals surface area contributed by atoms with Gasteiger partial charge < -0.3 is 11.1 Å². The minimum absolute atomic E-state index is 0.0392. The fourth-order valence-corrected chi connectivity index (χ4v) is 2.00. The number of hydrogen-bond acceptors (Lipinski definition) is 3. The molecule has 0 spiro atoms. The van der Waals surface area contributed by atoms with E-state index in [0.717, 1.165) is 18.3 Å². The summed E-state index contributed by atoms with van der Waals surface area (Å²) >= 11 is 4.81. The Morgan fingerprint density at radius 3 is 2.35 bits per heavy atom. The van der Waals surface area contributed by atoms with Gasteiger partial charge in [-0.05, 0) is 18.1 Å². The maximum Gasteiger partial charge on any atom is 0.433 e. The highest BCUT2D eigenvalue weighted by molar-refractivity contribution is 7.80. The van der Waals surface area contributed by atoms with Gasteiger partial charge in [-0.1, -0.05) is 26.1 Å². The van der Waals surface area contributed by atoms with E-state index in [1.807, 2.05) is 0 Å². The molecule has 0 radical (unpaired) electrons. The van der Waals surface area contributed by atoms with Gasteiger partial charge in [0.25, 0.3) is 0 Å². The van der Waals surface area contributed by atoms with Crippen molar-refractivity contribution >= 4 is 28.8 Å². The maximum atomic E-state index is 12.3. The zero-order valence-corrected chi connectivity index (χ0v) is 11.7. The molecule has 1 atom stereocenters. The number of pyridine rings is 1. The second-order valence-corrected chi connectivity index (χ2v) is 5.01. The average molecular weight is 305 g/mol. The topological polar surface area (TPSA) is 68.0 Å². The smallest absolute Gasteiger partial charge is 0.393 e. The lowest BCUT2D eigenvalue weighted by atomic mass is 9.95. The van der Waals surface area contributed by atoms with E-state index >= 15 is 0 Å². The third-order valence-corrected chi connectivity index (χ3v) is 2.83. The third-order valence-electron chi connectivity index (χ3n) is 2.58. The van der Waals surface area contributed by atoms with Gasteiger partial charge in [-0.15, -0.1) is 0 Å². The Kier molecular flexibility index (Phi) is 5.04. The number of nitrogens with two attached hydrogens (primary N) is 1. The van der Waals surface area contributed by atoms with Crippen LogP contribution in [0.3, 0.4) is 0 Å². The molecule has 1 aromatic heterocycles. The Hall–Kier alpha value is -1.70. The Morgan fingerprint density at radius 2 is 2.00 bits per heavy atom. The van der Waals surface area contributed by atoms with Gasteiger partial charge in [-0.2, -0.15) is 13.2 Å². The van der Waals surface area contributed by atoms with Crippen LogP contribution in [0, 0.1) is 11.8 Å². The highest BCUT2D eigenvalue weighted by Gasteiger charge is 2.32. The van der Waals surface area contributed by atoms with Crippen LogP contribution in [0.1, 0.15) is 19.5 Å². The first-order valence-corrected chi connectivity index (χ1v) is 6.17. The normalized spacial score (nSPS) is 13.1. The van der Waals surface area contributed by atoms with Gasteiger partial charge >= 0.3 is 6.18 Å². The van der Waals surface area contributed by atoms with Gasteiger partial charge in [0.15, 0.2) is 0 Å². The Balaban J connectivity index is 2.83. The minimum Gasteiger partial charge on any atom is -0.393 e. The zero-order valence-electron chi connectivity index (χ0n) is 10.9. The molecule has 0 aliphatic carbocycles. The molecule has 3 N–H and O–H groups in total. The predicted octanol–water partition coefficient (Wildman–Crippen LogP) is 2.60. The highest BCUT2D eigenvalue weighted by Crippen LogP contribution is 2.27. The van der Waals surface area contributed by atoms with Gasteiger partial charge in [0.2, 0.25) is 5.91 Å². The molecule has 0 aromatic carbocycles. The molecule has 4 nitrogen and oxygen atoms in total. The number of hydrogen-bond donors (Lipinski definition) is 2. The van der Waals surface area contributed by atoms with Crippen LogP contribution >= 0.6 is 12.2 Å². The van der Waals surface area contributed by atoms with Crippen molar-refractivity contribution in [3.05, 3.63) is 24.0 Å². The minimum atomic E-state index is -4.51. The van der Waals surface area contributed by atoms with Crippen LogP contribution in [0.2, 0.25) is 0 Å². The summed E-state index contributed by atoms with van der Waals surface area (Å²) in [5.41, 5.74) is 4.61. The van der Waals surface area contributed by atoms with E-state index in [9.17, 15) is 18.0 Å². The first-order chi connectivity index (χ1) is 9.12. The van der Waals surface area contributed by atoms with Crippen molar-refractivity contribution in [2.24, 2.45) is 17.6 Å². The fourth-order valence-electron chi connectivity index (χ4n) is 1.62. The van der Waals surface area contributed by atoms with Gasteiger partial charge in [0, 0.05) is 0 Å². The molecule has 1 aromatic rings. The number of amides is 1. The number of nitrogens with zero attached hydrogens (tertiary/aromatic N) is 1. The summed E-state index contributed by atoms with van der Waals surface area (Å²) in [7, 11) is 0. The number of thiocarbonyl (C=S) groups is 1. The lowest BCUT2D eigenvalue weighted by Gasteiger charge is -2.18. The Morgan fingerprint density at radius 1 is 1.40 bits per heavy atom. The standard InChI is InChI=1S/C12H14F3N3OS/c1-6(2)9(10(16)20)11(19)18-7-3-4-8(17-5-7)12(13,14)15/h3-6,9H,1-2H3,(H2,16,20)(H,18,19). The molecule has 0 aliphatic heterocycles. The van der Waals surface area contributed by atoms with Crippen molar-refractivity contribution in [2.75, 3.05) is 5.32 Å². The number of halogens is 3. The van der Waals surface area contributed by atoms with Crippen LogP contribution in [0.25, 0.3) is 0 Å². The summed E-state index contributed by atoms with van der Waals surface area (Å²) in [6.07, 6.45) is -3.57. The van der Waals surface area contributed by atoms with Crippen molar-refractivity contribution in [3.63, 3.8) is 0 Å². The number of anilines is 1. The van der Waals surface area contributed by atoms with E-state index < -0.39 is 23.7 Å². The van der Waals surface area contributed by atoms with E-state index in [1.54, 1.807) is 13.8 Å². The van der Waals surface area contributed by atoms with E-state index in [1.165, 1.54) is 0 Å². The zero-order chi connectivity index (χ0) is 15.5. The fraction of sp³-hybridized carbons (Fsp3) is 0.417. The van der Waals surface area contributed by atoms with Crippen molar-refractivity contribution in [1.82, 2.24) is 4.98 Å². The molecular weight excluding hydrogens is 291 g/mol. The summed E-state index contributed by atoms with van der Waals surface area (Å²) in [6.45, 7) is 3.54. The lowest BCUT2D eigenvalue weighted by molar-refractivity contribution is -0.141. The summed E-state index contributed by atoms with van der Waals surface area (Å²) in [6, 6.07) is 1.92. The number of rotatable bonds is 4. The first kappa shape index (κ1) is 16.4. The van der Waals surface area contributed by atoms with Crippen molar-refractivity contribution in [2.45, 2.75) is 20.0 Å². The molecule has 1 unspecified atom stereocenters.